The van der Waals surface area contributed by atoms with Gasteiger partial charge in [0.2, 0.25) is 11.8 Å². The van der Waals surface area contributed by atoms with Crippen LogP contribution in [0.1, 0.15) is 12.8 Å². The number of carboxylic acids is 1. The second-order valence-corrected chi connectivity index (χ2v) is 6.25. The molecule has 0 radical (unpaired) electrons. The van der Waals surface area contributed by atoms with E-state index < -0.39 is 18.3 Å². The third-order valence-electron chi connectivity index (χ3n) is 3.95. The molecule has 1 fully saturated rings. The molecule has 0 aliphatic carbocycles. The number of amides is 2. The van der Waals surface area contributed by atoms with E-state index in [1.807, 2.05) is 4.90 Å². The summed E-state index contributed by atoms with van der Waals surface area (Å²) in [6.45, 7) is 0.818. The van der Waals surface area contributed by atoms with Crippen molar-refractivity contribution in [3.8, 4) is 0 Å². The van der Waals surface area contributed by atoms with Gasteiger partial charge >= 0.3 is 5.97 Å². The summed E-state index contributed by atoms with van der Waals surface area (Å²) in [5, 5.41) is 13.5. The summed E-state index contributed by atoms with van der Waals surface area (Å²) in [5.41, 5.74) is 0.437. The van der Waals surface area contributed by atoms with E-state index in [9.17, 15) is 18.8 Å². The highest BCUT2D eigenvalue weighted by Gasteiger charge is 2.26. The number of nitrogens with zero attached hydrogens (tertiary/aromatic N) is 1. The number of likely N-dealkylation sites (tertiary alicyclic amines) is 1. The first-order chi connectivity index (χ1) is 11.8. The molecule has 2 rings (SSSR count). The molecule has 1 heterocycles. The van der Waals surface area contributed by atoms with Crippen LogP contribution in [0.2, 0.25) is 5.02 Å². The van der Waals surface area contributed by atoms with E-state index in [2.05, 4.69) is 10.6 Å². The van der Waals surface area contributed by atoms with E-state index in [0.29, 0.717) is 31.6 Å². The van der Waals surface area contributed by atoms with Crippen molar-refractivity contribution in [1.29, 1.82) is 0 Å². The Labute approximate surface area is 161 Å². The minimum Gasteiger partial charge on any atom is -0.480 e. The number of carbonyl (C=O) groups is 3. The quantitative estimate of drug-likeness (QED) is 0.666. The minimum absolute atomic E-state index is 0. The Bertz CT molecular complexity index is 667. The molecule has 144 valence electrons. The Morgan fingerprint density at radius 1 is 1.27 bits per heavy atom. The van der Waals surface area contributed by atoms with Gasteiger partial charge in [0.15, 0.2) is 0 Å². The van der Waals surface area contributed by atoms with Crippen LogP contribution in [0.25, 0.3) is 0 Å². The molecule has 0 unspecified atom stereocenters. The Kier molecular flexibility index (Phi) is 8.77. The molecule has 0 spiro atoms. The molecule has 0 aromatic heterocycles. The van der Waals surface area contributed by atoms with Gasteiger partial charge in [0.05, 0.1) is 11.6 Å². The second-order valence-electron chi connectivity index (χ2n) is 5.84. The summed E-state index contributed by atoms with van der Waals surface area (Å²) in [6.07, 6.45) is 1.15. The van der Waals surface area contributed by atoms with Crippen LogP contribution >= 0.6 is 24.0 Å². The normalized spacial score (nSPS) is 15.0. The maximum absolute atomic E-state index is 13.1. The lowest BCUT2D eigenvalue weighted by Gasteiger charge is -2.30. The number of benzene rings is 1. The number of hydrogen-bond donors (Lipinski definition) is 3. The van der Waals surface area contributed by atoms with E-state index in [0.717, 1.165) is 0 Å². The average Bonchev–Trinajstić information content (AvgIpc) is 2.57. The monoisotopic (exact) mass is 407 g/mol. The molecule has 0 atom stereocenters. The Balaban J connectivity index is 0.00000338. The van der Waals surface area contributed by atoms with Crippen LogP contribution in [-0.2, 0) is 14.4 Å². The van der Waals surface area contributed by atoms with Gasteiger partial charge in [-0.2, -0.15) is 0 Å². The highest BCUT2D eigenvalue weighted by atomic mass is 35.5. The second kappa shape index (κ2) is 10.3. The van der Waals surface area contributed by atoms with Gasteiger partial charge in [-0.05, 0) is 44.1 Å². The van der Waals surface area contributed by atoms with E-state index in [1.54, 1.807) is 0 Å². The van der Waals surface area contributed by atoms with Crippen LogP contribution in [0.5, 0.6) is 0 Å². The predicted molar refractivity (Wildman–Crippen MR) is 97.1 cm³/mol. The van der Waals surface area contributed by atoms with Gasteiger partial charge in [-0.3, -0.25) is 19.3 Å². The maximum Gasteiger partial charge on any atom is 0.322 e. The highest BCUT2D eigenvalue weighted by molar-refractivity contribution is 6.31. The Morgan fingerprint density at radius 2 is 1.92 bits per heavy atom. The largest absolute Gasteiger partial charge is 0.480 e. The summed E-state index contributed by atoms with van der Waals surface area (Å²) in [5.74, 6) is -2.37. The molecule has 1 saturated heterocycles. The third kappa shape index (κ3) is 6.78. The summed E-state index contributed by atoms with van der Waals surface area (Å²) in [6, 6.07) is 3.99. The van der Waals surface area contributed by atoms with E-state index in [1.165, 1.54) is 18.2 Å². The molecule has 1 aromatic rings. The molecule has 7 nitrogen and oxygen atoms in total. The molecule has 10 heteroatoms. The van der Waals surface area contributed by atoms with Crippen LogP contribution in [0.15, 0.2) is 18.2 Å². The summed E-state index contributed by atoms with van der Waals surface area (Å²) >= 11 is 5.69. The lowest BCUT2D eigenvalue weighted by atomic mass is 9.96. The van der Waals surface area contributed by atoms with Gasteiger partial charge < -0.3 is 15.7 Å². The Hall–Kier alpha value is -1.90. The summed E-state index contributed by atoms with van der Waals surface area (Å²) in [7, 11) is 0. The molecule has 3 N–H and O–H groups in total. The highest BCUT2D eigenvalue weighted by Crippen LogP contribution is 2.22. The third-order valence-corrected chi connectivity index (χ3v) is 4.24. The van der Waals surface area contributed by atoms with Crippen molar-refractivity contribution in [2.75, 3.05) is 31.5 Å². The van der Waals surface area contributed by atoms with E-state index in [4.69, 9.17) is 16.7 Å². The van der Waals surface area contributed by atoms with Crippen molar-refractivity contribution in [3.63, 3.8) is 0 Å². The maximum atomic E-state index is 13.1. The number of carboxylic acid groups (broad SMARTS) is 1. The van der Waals surface area contributed by atoms with Crippen LogP contribution < -0.4 is 10.6 Å². The lowest BCUT2D eigenvalue weighted by Crippen LogP contribution is -2.44. The number of hydrogen-bond acceptors (Lipinski definition) is 4. The van der Waals surface area contributed by atoms with Gasteiger partial charge in [-0.1, -0.05) is 11.6 Å². The van der Waals surface area contributed by atoms with E-state index in [-0.39, 0.29) is 41.7 Å². The molecular formula is C16H20Cl2FN3O4. The smallest absolute Gasteiger partial charge is 0.322 e. The van der Waals surface area contributed by atoms with Crippen molar-refractivity contribution >= 4 is 47.5 Å². The SMILES string of the molecule is Cl.O=C(O)CNC(=O)CN1CCC(C(=O)Nc2ccc(F)c(Cl)c2)CC1. The molecule has 1 aliphatic rings. The predicted octanol–water partition coefficient (Wildman–Crippen LogP) is 1.75. The van der Waals surface area contributed by atoms with Gasteiger partial charge in [-0.15, -0.1) is 12.4 Å². The fourth-order valence-corrected chi connectivity index (χ4v) is 2.79. The first-order valence-corrected chi connectivity index (χ1v) is 8.19. The fourth-order valence-electron chi connectivity index (χ4n) is 2.60. The standard InChI is InChI=1S/C16H19ClFN3O4.ClH/c17-12-7-11(1-2-13(12)18)20-16(25)10-3-5-21(6-4-10)9-14(22)19-8-15(23)24;/h1-2,7,10H,3-6,8-9H2,(H,19,22)(H,20,25)(H,23,24);1H. The molecule has 2 amide bonds. The molecular weight excluding hydrogens is 388 g/mol. The average molecular weight is 408 g/mol. The first-order valence-electron chi connectivity index (χ1n) is 7.82. The van der Waals surface area contributed by atoms with E-state index >= 15 is 0 Å². The summed E-state index contributed by atoms with van der Waals surface area (Å²) < 4.78 is 13.1. The number of carbonyl (C=O) groups excluding carboxylic acids is 2. The number of anilines is 1. The zero-order valence-electron chi connectivity index (χ0n) is 13.8. The van der Waals surface area contributed by atoms with Crippen molar-refractivity contribution in [3.05, 3.63) is 29.0 Å². The zero-order chi connectivity index (χ0) is 18.4. The number of nitrogens with one attached hydrogen (secondary N) is 2. The molecule has 1 aromatic carbocycles. The van der Waals surface area contributed by atoms with Gasteiger partial charge in [0.1, 0.15) is 12.4 Å². The number of halogens is 3. The number of rotatable bonds is 6. The van der Waals surface area contributed by atoms with Crippen LogP contribution in [0.4, 0.5) is 10.1 Å². The van der Waals surface area contributed by atoms with Crippen molar-refractivity contribution in [2.45, 2.75) is 12.8 Å². The Morgan fingerprint density at radius 3 is 2.50 bits per heavy atom. The zero-order valence-corrected chi connectivity index (χ0v) is 15.4. The molecule has 0 bridgehead atoms. The first kappa shape index (κ1) is 22.1. The van der Waals surface area contributed by atoms with Crippen molar-refractivity contribution in [2.24, 2.45) is 5.92 Å². The van der Waals surface area contributed by atoms with Crippen molar-refractivity contribution < 1.29 is 23.9 Å². The van der Waals surface area contributed by atoms with Crippen molar-refractivity contribution in [1.82, 2.24) is 10.2 Å². The number of aliphatic carboxylic acids is 1. The van der Waals surface area contributed by atoms with Gasteiger partial charge in [-0.25, -0.2) is 4.39 Å². The lowest BCUT2D eigenvalue weighted by molar-refractivity contribution is -0.138. The molecule has 0 saturated carbocycles. The fraction of sp³-hybridized carbons (Fsp3) is 0.438. The van der Waals surface area contributed by atoms with Crippen LogP contribution in [0, 0.1) is 11.7 Å². The van der Waals surface area contributed by atoms with Gasteiger partial charge in [0.25, 0.3) is 0 Å². The molecule has 26 heavy (non-hydrogen) atoms. The number of piperidine rings is 1. The van der Waals surface area contributed by atoms with Crippen LogP contribution in [-0.4, -0.2) is 54.0 Å². The molecule has 1 aliphatic heterocycles. The minimum atomic E-state index is -1.09. The van der Waals surface area contributed by atoms with Crippen LogP contribution in [0.3, 0.4) is 0 Å². The topological polar surface area (TPSA) is 98.7 Å². The summed E-state index contributed by atoms with van der Waals surface area (Å²) in [4.78, 5) is 36.1. The van der Waals surface area contributed by atoms with Gasteiger partial charge in [0, 0.05) is 11.6 Å².